The van der Waals surface area contributed by atoms with Crippen molar-refractivity contribution in [2.45, 2.75) is 0 Å². The summed E-state index contributed by atoms with van der Waals surface area (Å²) in [5, 5.41) is 0. The molecule has 2 nitrogen and oxygen atoms in total. The van der Waals surface area contributed by atoms with Crippen molar-refractivity contribution in [3.8, 4) is 0 Å². The van der Waals surface area contributed by atoms with E-state index >= 15 is 0 Å². The molecule has 0 N–H and O–H groups in total. The zero-order chi connectivity index (χ0) is 11.1. The van der Waals surface area contributed by atoms with Crippen molar-refractivity contribution in [3.05, 3.63) is 58.9 Å². The minimum atomic E-state index is -0.0313. The topological polar surface area (TPSA) is 26.3 Å². The van der Waals surface area contributed by atoms with Crippen LogP contribution < -0.4 is 0 Å². The van der Waals surface area contributed by atoms with Crippen LogP contribution >= 0.6 is 0 Å². The highest BCUT2D eigenvalue weighted by molar-refractivity contribution is 6.25. The third-order valence-corrected chi connectivity index (χ3v) is 2.93. The second kappa shape index (κ2) is 3.20. The van der Waals surface area contributed by atoms with Crippen molar-refractivity contribution in [3.63, 3.8) is 0 Å². The van der Waals surface area contributed by atoms with Gasteiger partial charge in [0.1, 0.15) is 0 Å². The van der Waals surface area contributed by atoms with E-state index in [1.54, 1.807) is 6.08 Å². The van der Waals surface area contributed by atoms with E-state index < -0.39 is 0 Å². The van der Waals surface area contributed by atoms with Gasteiger partial charge in [-0.2, -0.15) is 0 Å². The number of allylic oxidation sites excluding steroid dienone is 4. The second-order valence-electron chi connectivity index (χ2n) is 3.79. The molecule has 0 saturated heterocycles. The van der Waals surface area contributed by atoms with Gasteiger partial charge in [-0.1, -0.05) is 24.3 Å². The number of rotatable bonds is 1. The number of methoxy groups -OCH3 is 1. The smallest absolute Gasteiger partial charge is 0.228 e. The molecule has 3 rings (SSSR count). The van der Waals surface area contributed by atoms with Crippen molar-refractivity contribution in [1.29, 1.82) is 0 Å². The fraction of sp³-hybridized carbons (Fsp3) is 0.0714. The fourth-order valence-electron chi connectivity index (χ4n) is 2.14. The quantitative estimate of drug-likeness (QED) is 0.712. The Labute approximate surface area is 93.5 Å². The molecular weight excluding hydrogens is 200 g/mol. The van der Waals surface area contributed by atoms with Gasteiger partial charge >= 0.3 is 0 Å². The minimum Gasteiger partial charge on any atom is -0.493 e. The highest BCUT2D eigenvalue weighted by atomic mass is 16.5. The molecule has 0 bridgehead atoms. The number of hydrogen-bond acceptors (Lipinski definition) is 2. The van der Waals surface area contributed by atoms with E-state index in [0.29, 0.717) is 5.76 Å². The molecule has 78 valence electrons. The van der Waals surface area contributed by atoms with Crippen LogP contribution in [0.1, 0.15) is 11.1 Å². The summed E-state index contributed by atoms with van der Waals surface area (Å²) in [4.78, 5) is 12.0. The number of carbonyl (C=O) groups excluding carboxylic acids is 1. The number of hydrogen-bond donors (Lipinski definition) is 0. The van der Waals surface area contributed by atoms with Gasteiger partial charge in [-0.3, -0.25) is 4.79 Å². The first-order valence-corrected chi connectivity index (χ1v) is 5.13. The number of ether oxygens (including phenoxy) is 1. The standard InChI is InChI=1S/C14H10O2/c1-16-13-7-6-11-10-5-3-2-4-9(10)8-12(11)14(13)15/h2-8H,1H3. The molecule has 0 amide bonds. The Morgan fingerprint density at radius 2 is 1.88 bits per heavy atom. The summed E-state index contributed by atoms with van der Waals surface area (Å²) in [6, 6.07) is 8.00. The normalized spacial score (nSPS) is 17.1. The minimum absolute atomic E-state index is 0.0313. The lowest BCUT2D eigenvalue weighted by Crippen LogP contribution is -2.10. The Balaban J connectivity index is 2.19. The third kappa shape index (κ3) is 1.10. The van der Waals surface area contributed by atoms with Crippen molar-refractivity contribution in [1.82, 2.24) is 0 Å². The molecule has 0 atom stereocenters. The molecule has 2 aliphatic rings. The van der Waals surface area contributed by atoms with Gasteiger partial charge in [0, 0.05) is 5.57 Å². The van der Waals surface area contributed by atoms with Gasteiger partial charge in [-0.05, 0) is 34.9 Å². The summed E-state index contributed by atoms with van der Waals surface area (Å²) in [5.41, 5.74) is 3.96. The van der Waals surface area contributed by atoms with E-state index in [4.69, 9.17) is 4.74 Å². The van der Waals surface area contributed by atoms with Crippen LogP contribution in [0.3, 0.4) is 0 Å². The molecule has 0 aliphatic heterocycles. The summed E-state index contributed by atoms with van der Waals surface area (Å²) in [6.45, 7) is 0. The predicted molar refractivity (Wildman–Crippen MR) is 62.5 cm³/mol. The highest BCUT2D eigenvalue weighted by Crippen LogP contribution is 2.38. The summed E-state index contributed by atoms with van der Waals surface area (Å²) in [7, 11) is 1.52. The van der Waals surface area contributed by atoms with Crippen LogP contribution in [0.15, 0.2) is 47.7 Å². The first-order valence-electron chi connectivity index (χ1n) is 5.13. The number of Topliss-reactive ketones (excluding diaryl/α,β-unsaturated/α-hetero) is 1. The van der Waals surface area contributed by atoms with Crippen molar-refractivity contribution < 1.29 is 9.53 Å². The molecular formula is C14H10O2. The molecule has 0 radical (unpaired) electrons. The Hall–Kier alpha value is -2.09. The van der Waals surface area contributed by atoms with Crippen molar-refractivity contribution in [2.75, 3.05) is 7.11 Å². The number of carbonyl (C=O) groups is 1. The number of benzene rings is 1. The maximum Gasteiger partial charge on any atom is 0.228 e. The zero-order valence-electron chi connectivity index (χ0n) is 8.86. The van der Waals surface area contributed by atoms with E-state index in [-0.39, 0.29) is 5.78 Å². The Bertz CT molecular complexity index is 574. The van der Waals surface area contributed by atoms with Gasteiger partial charge in [-0.25, -0.2) is 0 Å². The third-order valence-electron chi connectivity index (χ3n) is 2.93. The number of ketones is 1. The predicted octanol–water partition coefficient (Wildman–Crippen LogP) is 2.58. The van der Waals surface area contributed by atoms with Crippen LogP contribution in [0.5, 0.6) is 0 Å². The zero-order valence-corrected chi connectivity index (χ0v) is 8.86. The number of fused-ring (bicyclic) bond motifs is 3. The monoisotopic (exact) mass is 210 g/mol. The first kappa shape index (κ1) is 9.16. The van der Waals surface area contributed by atoms with Crippen LogP contribution in [0.25, 0.3) is 11.6 Å². The molecule has 0 fully saturated rings. The molecule has 16 heavy (non-hydrogen) atoms. The maximum atomic E-state index is 12.0. The molecule has 2 aliphatic carbocycles. The average Bonchev–Trinajstić information content (AvgIpc) is 2.69. The lowest BCUT2D eigenvalue weighted by Gasteiger charge is -2.12. The summed E-state index contributed by atoms with van der Waals surface area (Å²) < 4.78 is 5.04. The lowest BCUT2D eigenvalue weighted by atomic mass is 9.95. The van der Waals surface area contributed by atoms with Gasteiger partial charge in [-0.15, -0.1) is 0 Å². The molecule has 2 heteroatoms. The molecule has 1 aromatic carbocycles. The molecule has 0 aromatic heterocycles. The van der Waals surface area contributed by atoms with Crippen LogP contribution in [0.4, 0.5) is 0 Å². The van der Waals surface area contributed by atoms with Gasteiger partial charge in [0.25, 0.3) is 0 Å². The molecule has 0 heterocycles. The Morgan fingerprint density at radius 1 is 1.06 bits per heavy atom. The largest absolute Gasteiger partial charge is 0.493 e. The van der Waals surface area contributed by atoms with Gasteiger partial charge < -0.3 is 4.74 Å². The summed E-state index contributed by atoms with van der Waals surface area (Å²) in [5.74, 6) is 0.374. The van der Waals surface area contributed by atoms with Gasteiger partial charge in [0.2, 0.25) is 5.78 Å². The van der Waals surface area contributed by atoms with E-state index in [2.05, 4.69) is 0 Å². The maximum absolute atomic E-state index is 12.0. The summed E-state index contributed by atoms with van der Waals surface area (Å²) in [6.07, 6.45) is 5.60. The average molecular weight is 210 g/mol. The van der Waals surface area contributed by atoms with Crippen molar-refractivity contribution in [2.24, 2.45) is 0 Å². The Kier molecular flexibility index (Phi) is 1.83. The fourth-order valence-corrected chi connectivity index (χ4v) is 2.14. The summed E-state index contributed by atoms with van der Waals surface area (Å²) >= 11 is 0. The molecule has 0 spiro atoms. The van der Waals surface area contributed by atoms with E-state index in [1.807, 2.05) is 36.4 Å². The molecule has 1 aromatic rings. The Morgan fingerprint density at radius 3 is 2.69 bits per heavy atom. The van der Waals surface area contributed by atoms with E-state index in [1.165, 1.54) is 7.11 Å². The first-order chi connectivity index (χ1) is 7.81. The highest BCUT2D eigenvalue weighted by Gasteiger charge is 2.28. The van der Waals surface area contributed by atoms with Crippen LogP contribution in [-0.2, 0) is 9.53 Å². The van der Waals surface area contributed by atoms with Crippen LogP contribution in [0, 0.1) is 0 Å². The van der Waals surface area contributed by atoms with E-state index in [0.717, 1.165) is 22.3 Å². The lowest BCUT2D eigenvalue weighted by molar-refractivity contribution is -0.114. The molecule has 0 unspecified atom stereocenters. The van der Waals surface area contributed by atoms with Gasteiger partial charge in [0.15, 0.2) is 5.76 Å². The van der Waals surface area contributed by atoms with Gasteiger partial charge in [0.05, 0.1) is 7.11 Å². The van der Waals surface area contributed by atoms with Crippen molar-refractivity contribution >= 4 is 17.4 Å². The van der Waals surface area contributed by atoms with Crippen LogP contribution in [0.2, 0.25) is 0 Å². The van der Waals surface area contributed by atoms with E-state index in [9.17, 15) is 4.79 Å². The van der Waals surface area contributed by atoms with Crippen LogP contribution in [-0.4, -0.2) is 12.9 Å². The molecule has 0 saturated carbocycles. The SMILES string of the molecule is COC1=CC=C2C(=Cc3ccccc32)C1=O. The second-order valence-corrected chi connectivity index (χ2v) is 3.79.